The van der Waals surface area contributed by atoms with Crippen molar-refractivity contribution in [1.82, 2.24) is 9.80 Å². The molecule has 1 atom stereocenters. The average Bonchev–Trinajstić information content (AvgIpc) is 2.37. The van der Waals surface area contributed by atoms with Gasteiger partial charge in [0.15, 0.2) is 0 Å². The summed E-state index contributed by atoms with van der Waals surface area (Å²) in [6.07, 6.45) is 1.18. The van der Waals surface area contributed by atoms with E-state index in [0.29, 0.717) is 0 Å². The maximum Gasteiger partial charge on any atom is 0.0627 e. The molecule has 2 nitrogen and oxygen atoms in total. The van der Waals surface area contributed by atoms with Gasteiger partial charge < -0.3 is 9.80 Å². The smallest absolute Gasteiger partial charge is 0.0627 e. The van der Waals surface area contributed by atoms with Gasteiger partial charge in [-0.15, -0.1) is 0 Å². The maximum absolute atomic E-state index is 5.51. The number of thiocarbonyl (C=S) groups is 1. The molecular formula is C16H30N2S2. The molecule has 0 radical (unpaired) electrons. The molecule has 116 valence electrons. The van der Waals surface area contributed by atoms with E-state index >= 15 is 0 Å². The fraction of sp³-hybridized carbons (Fsp3) is 0.812. The first-order valence-electron chi connectivity index (χ1n) is 7.64. The average molecular weight is 315 g/mol. The van der Waals surface area contributed by atoms with E-state index in [-0.39, 0.29) is 10.7 Å². The second kappa shape index (κ2) is 7.28. The lowest BCUT2D eigenvalue weighted by atomic mass is 9.74. The Labute approximate surface area is 136 Å². The van der Waals surface area contributed by atoms with E-state index in [0.717, 1.165) is 31.0 Å². The molecule has 4 heteroatoms. The molecule has 0 N–H and O–H groups in total. The van der Waals surface area contributed by atoms with Gasteiger partial charge in [-0.3, -0.25) is 0 Å². The third-order valence-electron chi connectivity index (χ3n) is 4.06. The number of hydrogen-bond donors (Lipinski definition) is 1. The predicted molar refractivity (Wildman–Crippen MR) is 96.9 cm³/mol. The molecule has 20 heavy (non-hydrogen) atoms. The molecule has 0 spiro atoms. The molecule has 1 rings (SSSR count). The zero-order valence-corrected chi connectivity index (χ0v) is 15.6. The molecular weight excluding hydrogens is 284 g/mol. The molecule has 0 heterocycles. The first-order chi connectivity index (χ1) is 9.23. The van der Waals surface area contributed by atoms with Gasteiger partial charge in [-0.2, -0.15) is 12.6 Å². The highest BCUT2D eigenvalue weighted by molar-refractivity contribution is 7.87. The lowest BCUT2D eigenvalue weighted by Gasteiger charge is -2.43. The second-order valence-corrected chi connectivity index (χ2v) is 7.54. The topological polar surface area (TPSA) is 6.48 Å². The molecule has 0 fully saturated rings. The van der Waals surface area contributed by atoms with Crippen LogP contribution in [0.25, 0.3) is 0 Å². The van der Waals surface area contributed by atoms with Crippen molar-refractivity contribution in [3.05, 3.63) is 11.3 Å². The van der Waals surface area contributed by atoms with E-state index in [9.17, 15) is 0 Å². The molecule has 1 aliphatic rings. The zero-order valence-electron chi connectivity index (χ0n) is 13.9. The summed E-state index contributed by atoms with van der Waals surface area (Å²) in [5.74, 6) is 0. The van der Waals surface area contributed by atoms with Crippen LogP contribution in [0.4, 0.5) is 0 Å². The molecule has 0 aromatic rings. The number of allylic oxidation sites excluding steroid dienone is 1. The Morgan fingerprint density at radius 1 is 1.15 bits per heavy atom. The molecule has 1 unspecified atom stereocenters. The van der Waals surface area contributed by atoms with Gasteiger partial charge in [0.1, 0.15) is 0 Å². The normalized spacial score (nSPS) is 19.6. The SMILES string of the molecule is CCN(CC)CCCN(C)C1=C(C(C)(C)C)C(S)C1=S. The van der Waals surface area contributed by atoms with Gasteiger partial charge in [-0.25, -0.2) is 0 Å². The van der Waals surface area contributed by atoms with Crippen molar-refractivity contribution in [2.75, 3.05) is 33.2 Å². The zero-order chi connectivity index (χ0) is 15.5. The van der Waals surface area contributed by atoms with Gasteiger partial charge >= 0.3 is 0 Å². The second-order valence-electron chi connectivity index (χ2n) is 6.58. The van der Waals surface area contributed by atoms with Crippen molar-refractivity contribution in [2.45, 2.75) is 46.3 Å². The minimum absolute atomic E-state index is 0.150. The van der Waals surface area contributed by atoms with Crippen molar-refractivity contribution in [3.63, 3.8) is 0 Å². The Morgan fingerprint density at radius 3 is 2.15 bits per heavy atom. The molecule has 0 amide bonds. The molecule has 0 aromatic carbocycles. The van der Waals surface area contributed by atoms with Crippen molar-refractivity contribution in [1.29, 1.82) is 0 Å². The van der Waals surface area contributed by atoms with Crippen LogP contribution in [0.15, 0.2) is 11.3 Å². The van der Waals surface area contributed by atoms with Crippen molar-refractivity contribution >= 4 is 29.7 Å². The van der Waals surface area contributed by atoms with Crippen molar-refractivity contribution in [2.24, 2.45) is 5.41 Å². The standard InChI is InChI=1S/C16H30N2S2/c1-7-18(8-2)11-9-10-17(6)13-12(16(3,4)5)14(19)15(13)20/h14,19H,7-11H2,1-6H3. The lowest BCUT2D eigenvalue weighted by Crippen LogP contribution is -2.44. The molecule has 0 bridgehead atoms. The third kappa shape index (κ3) is 3.99. The van der Waals surface area contributed by atoms with Crippen LogP contribution in [-0.2, 0) is 0 Å². The summed E-state index contributed by atoms with van der Waals surface area (Å²) in [5, 5.41) is 0.172. The molecule has 0 aromatic heterocycles. The minimum atomic E-state index is 0.150. The highest BCUT2D eigenvalue weighted by Gasteiger charge is 2.40. The van der Waals surface area contributed by atoms with E-state index in [1.165, 1.54) is 17.7 Å². The van der Waals surface area contributed by atoms with Crippen LogP contribution in [0.3, 0.4) is 0 Å². The summed E-state index contributed by atoms with van der Waals surface area (Å²) in [4.78, 5) is 5.82. The number of thiol groups is 1. The van der Waals surface area contributed by atoms with E-state index in [1.807, 2.05) is 0 Å². The Kier molecular flexibility index (Phi) is 6.55. The number of hydrogen-bond acceptors (Lipinski definition) is 4. The van der Waals surface area contributed by atoms with Crippen LogP contribution >= 0.6 is 24.8 Å². The van der Waals surface area contributed by atoms with Gasteiger partial charge in [0.2, 0.25) is 0 Å². The Balaban J connectivity index is 2.65. The minimum Gasteiger partial charge on any atom is -0.374 e. The van der Waals surface area contributed by atoms with Gasteiger partial charge in [0, 0.05) is 13.6 Å². The van der Waals surface area contributed by atoms with Gasteiger partial charge in [-0.05, 0) is 37.0 Å². The summed E-state index contributed by atoms with van der Waals surface area (Å²) in [6, 6.07) is 0. The van der Waals surface area contributed by atoms with Crippen LogP contribution in [0.2, 0.25) is 0 Å². The summed E-state index contributed by atoms with van der Waals surface area (Å²) in [5.41, 5.74) is 2.82. The molecule has 0 saturated heterocycles. The van der Waals surface area contributed by atoms with Crippen LogP contribution in [-0.4, -0.2) is 53.1 Å². The fourth-order valence-electron chi connectivity index (χ4n) is 2.79. The summed E-state index contributed by atoms with van der Waals surface area (Å²) in [7, 11) is 2.16. The van der Waals surface area contributed by atoms with Crippen LogP contribution in [0.5, 0.6) is 0 Å². The van der Waals surface area contributed by atoms with Crippen LogP contribution in [0, 0.1) is 5.41 Å². The largest absolute Gasteiger partial charge is 0.374 e. The highest BCUT2D eigenvalue weighted by Crippen LogP contribution is 2.43. The highest BCUT2D eigenvalue weighted by atomic mass is 32.1. The number of nitrogens with zero attached hydrogens (tertiary/aromatic N) is 2. The first-order valence-corrected chi connectivity index (χ1v) is 8.56. The monoisotopic (exact) mass is 314 g/mol. The molecule has 0 aliphatic heterocycles. The maximum atomic E-state index is 5.51. The summed E-state index contributed by atoms with van der Waals surface area (Å²) in [6.45, 7) is 15.7. The number of rotatable bonds is 7. The van der Waals surface area contributed by atoms with Crippen molar-refractivity contribution < 1.29 is 0 Å². The fourth-order valence-corrected chi connectivity index (χ4v) is 3.80. The van der Waals surface area contributed by atoms with Gasteiger partial charge in [0.25, 0.3) is 0 Å². The first kappa shape index (κ1) is 18.0. The third-order valence-corrected chi connectivity index (χ3v) is 5.18. The quantitative estimate of drug-likeness (QED) is 0.567. The van der Waals surface area contributed by atoms with Gasteiger partial charge in [0.05, 0.1) is 15.8 Å². The Hall–Kier alpha value is -0.0600. The van der Waals surface area contributed by atoms with E-state index in [1.54, 1.807) is 0 Å². The van der Waals surface area contributed by atoms with Crippen LogP contribution < -0.4 is 0 Å². The molecule has 1 aliphatic carbocycles. The van der Waals surface area contributed by atoms with E-state index in [4.69, 9.17) is 12.2 Å². The Bertz CT molecular complexity index is 378. The van der Waals surface area contributed by atoms with Gasteiger partial charge in [-0.1, -0.05) is 46.8 Å². The lowest BCUT2D eigenvalue weighted by molar-refractivity contribution is 0.279. The summed E-state index contributed by atoms with van der Waals surface area (Å²) >= 11 is 10.2. The summed E-state index contributed by atoms with van der Waals surface area (Å²) < 4.78 is 0. The molecule has 0 saturated carbocycles. The predicted octanol–water partition coefficient (Wildman–Crippen LogP) is 3.63. The van der Waals surface area contributed by atoms with Crippen LogP contribution in [0.1, 0.15) is 41.0 Å². The van der Waals surface area contributed by atoms with E-state index in [2.05, 4.69) is 64.1 Å². The van der Waals surface area contributed by atoms with Crippen molar-refractivity contribution in [3.8, 4) is 0 Å². The van der Waals surface area contributed by atoms with E-state index < -0.39 is 0 Å². The Morgan fingerprint density at radius 2 is 1.70 bits per heavy atom.